The molecule has 0 bridgehead atoms. The fourth-order valence-corrected chi connectivity index (χ4v) is 4.33. The Kier molecular flexibility index (Phi) is 6.68. The maximum Gasteiger partial charge on any atom is 0.264 e. The first-order valence-electron chi connectivity index (χ1n) is 9.26. The Balaban J connectivity index is 1.64. The van der Waals surface area contributed by atoms with Gasteiger partial charge >= 0.3 is 0 Å². The van der Waals surface area contributed by atoms with Gasteiger partial charge in [-0.3, -0.25) is 9.10 Å². The van der Waals surface area contributed by atoms with E-state index in [1.165, 1.54) is 22.5 Å². The van der Waals surface area contributed by atoms with Crippen LogP contribution in [0.3, 0.4) is 0 Å². The SMILES string of the molecule is CCN(c1ccc(OCC(=O)Nc2cccc(F)c2)cc1)S(=O)(=O)c1ccccc1. The molecule has 3 aromatic carbocycles. The standard InChI is InChI=1S/C22H21FN2O4S/c1-2-25(30(27,28)21-9-4-3-5-10-21)19-11-13-20(14-12-19)29-16-22(26)24-18-8-6-7-17(23)15-18/h3-15H,2,16H2,1H3,(H,24,26). The van der Waals surface area contributed by atoms with E-state index in [1.54, 1.807) is 67.6 Å². The minimum atomic E-state index is -3.68. The zero-order chi connectivity index (χ0) is 21.6. The monoisotopic (exact) mass is 428 g/mol. The molecule has 0 heterocycles. The van der Waals surface area contributed by atoms with Crippen LogP contribution in [0.5, 0.6) is 5.75 Å². The van der Waals surface area contributed by atoms with Gasteiger partial charge in [-0.1, -0.05) is 24.3 Å². The number of sulfonamides is 1. The van der Waals surface area contributed by atoms with Gasteiger partial charge in [-0.25, -0.2) is 12.8 Å². The van der Waals surface area contributed by atoms with Gasteiger partial charge in [-0.05, 0) is 61.5 Å². The van der Waals surface area contributed by atoms with Crippen molar-refractivity contribution in [3.8, 4) is 5.75 Å². The van der Waals surface area contributed by atoms with Gasteiger partial charge in [0.15, 0.2) is 6.61 Å². The van der Waals surface area contributed by atoms with Crippen molar-refractivity contribution in [2.75, 3.05) is 22.8 Å². The molecule has 0 aromatic heterocycles. The quantitative estimate of drug-likeness (QED) is 0.587. The molecule has 0 atom stereocenters. The van der Waals surface area contributed by atoms with E-state index in [2.05, 4.69) is 5.32 Å². The molecule has 1 amide bonds. The second-order valence-corrected chi connectivity index (χ2v) is 8.19. The van der Waals surface area contributed by atoms with Crippen LogP contribution in [0.15, 0.2) is 83.8 Å². The maximum absolute atomic E-state index is 13.2. The Morgan fingerprint density at radius 1 is 1.00 bits per heavy atom. The lowest BCUT2D eigenvalue weighted by Crippen LogP contribution is -2.30. The third kappa shape index (κ3) is 5.15. The second-order valence-electron chi connectivity index (χ2n) is 6.32. The molecule has 0 saturated carbocycles. The molecule has 8 heteroatoms. The lowest BCUT2D eigenvalue weighted by atomic mass is 10.3. The summed E-state index contributed by atoms with van der Waals surface area (Å²) < 4.78 is 45.6. The Labute approximate surface area is 175 Å². The highest BCUT2D eigenvalue weighted by Gasteiger charge is 2.23. The Morgan fingerprint density at radius 2 is 1.70 bits per heavy atom. The summed E-state index contributed by atoms with van der Waals surface area (Å²) in [5.74, 6) is -0.483. The molecule has 3 aromatic rings. The summed E-state index contributed by atoms with van der Waals surface area (Å²) in [6.07, 6.45) is 0. The fourth-order valence-electron chi connectivity index (χ4n) is 2.83. The minimum Gasteiger partial charge on any atom is -0.484 e. The molecule has 0 unspecified atom stereocenters. The number of rotatable bonds is 8. The molecule has 0 radical (unpaired) electrons. The first kappa shape index (κ1) is 21.3. The van der Waals surface area contributed by atoms with Crippen LogP contribution in [-0.4, -0.2) is 27.5 Å². The minimum absolute atomic E-state index is 0.209. The number of halogens is 1. The largest absolute Gasteiger partial charge is 0.484 e. The Bertz CT molecular complexity index is 1100. The normalized spacial score (nSPS) is 11.0. The number of hydrogen-bond acceptors (Lipinski definition) is 4. The molecule has 0 aliphatic heterocycles. The van der Waals surface area contributed by atoms with Crippen molar-refractivity contribution < 1.29 is 22.3 Å². The number of ether oxygens (including phenoxy) is 1. The van der Waals surface area contributed by atoms with Crippen molar-refractivity contribution in [3.05, 3.63) is 84.7 Å². The van der Waals surface area contributed by atoms with Gasteiger partial charge in [0.2, 0.25) is 0 Å². The van der Waals surface area contributed by atoms with Crippen LogP contribution >= 0.6 is 0 Å². The first-order chi connectivity index (χ1) is 14.4. The van der Waals surface area contributed by atoms with Crippen LogP contribution in [0, 0.1) is 5.82 Å². The van der Waals surface area contributed by atoms with Crippen molar-refractivity contribution in [2.45, 2.75) is 11.8 Å². The smallest absolute Gasteiger partial charge is 0.264 e. The van der Waals surface area contributed by atoms with Gasteiger partial charge in [-0.2, -0.15) is 0 Å². The average molecular weight is 428 g/mol. The highest BCUT2D eigenvalue weighted by Crippen LogP contribution is 2.25. The number of benzene rings is 3. The van der Waals surface area contributed by atoms with Crippen LogP contribution < -0.4 is 14.4 Å². The number of anilines is 2. The zero-order valence-electron chi connectivity index (χ0n) is 16.3. The summed E-state index contributed by atoms with van der Waals surface area (Å²) in [5.41, 5.74) is 0.821. The van der Waals surface area contributed by atoms with E-state index < -0.39 is 21.7 Å². The Morgan fingerprint density at radius 3 is 2.33 bits per heavy atom. The fraction of sp³-hybridized carbons (Fsp3) is 0.136. The van der Waals surface area contributed by atoms with E-state index in [-0.39, 0.29) is 18.0 Å². The molecular weight excluding hydrogens is 407 g/mol. The second kappa shape index (κ2) is 9.41. The highest BCUT2D eigenvalue weighted by atomic mass is 32.2. The topological polar surface area (TPSA) is 75.7 Å². The summed E-state index contributed by atoms with van der Waals surface area (Å²) in [7, 11) is -3.68. The molecule has 0 fully saturated rings. The molecule has 0 saturated heterocycles. The van der Waals surface area contributed by atoms with Crippen molar-refractivity contribution in [3.63, 3.8) is 0 Å². The van der Waals surface area contributed by atoms with Gasteiger partial charge in [0.05, 0.1) is 10.6 Å². The van der Waals surface area contributed by atoms with Crippen molar-refractivity contribution in [2.24, 2.45) is 0 Å². The van der Waals surface area contributed by atoms with Crippen LogP contribution in [0.4, 0.5) is 15.8 Å². The summed E-state index contributed by atoms with van der Waals surface area (Å²) in [6.45, 7) is 1.74. The van der Waals surface area contributed by atoms with Gasteiger partial charge in [0.1, 0.15) is 11.6 Å². The van der Waals surface area contributed by atoms with Gasteiger partial charge in [0, 0.05) is 12.2 Å². The van der Waals surface area contributed by atoms with Crippen molar-refractivity contribution in [1.29, 1.82) is 0 Å². The molecule has 0 aliphatic carbocycles. The molecule has 1 N–H and O–H groups in total. The number of carbonyl (C=O) groups excluding carboxylic acids is 1. The summed E-state index contributed by atoms with van der Waals surface area (Å²) in [5, 5.41) is 2.54. The van der Waals surface area contributed by atoms with E-state index in [0.717, 1.165) is 0 Å². The summed E-state index contributed by atoms with van der Waals surface area (Å²) >= 11 is 0. The average Bonchev–Trinajstić information content (AvgIpc) is 2.74. The van der Waals surface area contributed by atoms with E-state index in [0.29, 0.717) is 17.1 Å². The first-order valence-corrected chi connectivity index (χ1v) is 10.7. The van der Waals surface area contributed by atoms with Crippen LogP contribution in [0.25, 0.3) is 0 Å². The third-order valence-corrected chi connectivity index (χ3v) is 6.14. The molecule has 6 nitrogen and oxygen atoms in total. The van der Waals surface area contributed by atoms with Crippen LogP contribution in [0.2, 0.25) is 0 Å². The Hall–Kier alpha value is -3.39. The lowest BCUT2D eigenvalue weighted by Gasteiger charge is -2.23. The van der Waals surface area contributed by atoms with Crippen molar-refractivity contribution >= 4 is 27.3 Å². The highest BCUT2D eigenvalue weighted by molar-refractivity contribution is 7.92. The number of amides is 1. The van der Waals surface area contributed by atoms with Gasteiger partial charge in [0.25, 0.3) is 15.9 Å². The number of nitrogens with zero attached hydrogens (tertiary/aromatic N) is 1. The predicted molar refractivity (Wildman–Crippen MR) is 114 cm³/mol. The van der Waals surface area contributed by atoms with E-state index in [1.807, 2.05) is 0 Å². The molecule has 0 aliphatic rings. The summed E-state index contributed by atoms with van der Waals surface area (Å²) in [6, 6.07) is 20.2. The number of carbonyl (C=O) groups is 1. The van der Waals surface area contributed by atoms with Crippen LogP contribution in [-0.2, 0) is 14.8 Å². The molecule has 3 rings (SSSR count). The van der Waals surface area contributed by atoms with E-state index >= 15 is 0 Å². The van der Waals surface area contributed by atoms with E-state index in [9.17, 15) is 17.6 Å². The third-order valence-electron chi connectivity index (χ3n) is 4.22. The predicted octanol–water partition coefficient (Wildman–Crippen LogP) is 4.06. The molecule has 156 valence electrons. The van der Waals surface area contributed by atoms with Crippen LogP contribution in [0.1, 0.15) is 6.92 Å². The van der Waals surface area contributed by atoms with E-state index in [4.69, 9.17) is 4.74 Å². The van der Waals surface area contributed by atoms with Crippen molar-refractivity contribution in [1.82, 2.24) is 0 Å². The maximum atomic E-state index is 13.2. The molecule has 30 heavy (non-hydrogen) atoms. The number of hydrogen-bond donors (Lipinski definition) is 1. The van der Waals surface area contributed by atoms with Gasteiger partial charge in [-0.15, -0.1) is 0 Å². The lowest BCUT2D eigenvalue weighted by molar-refractivity contribution is -0.118. The molecule has 0 spiro atoms. The summed E-state index contributed by atoms with van der Waals surface area (Å²) in [4.78, 5) is 12.2. The van der Waals surface area contributed by atoms with Gasteiger partial charge < -0.3 is 10.1 Å². The number of nitrogens with one attached hydrogen (secondary N) is 1. The zero-order valence-corrected chi connectivity index (χ0v) is 17.1. The molecular formula is C22H21FN2O4S.